The minimum atomic E-state index is 0.788. The van der Waals surface area contributed by atoms with E-state index in [1.807, 2.05) is 24.3 Å². The molecule has 0 aromatic carbocycles. The summed E-state index contributed by atoms with van der Waals surface area (Å²) >= 11 is 0. The second kappa shape index (κ2) is 7.28. The summed E-state index contributed by atoms with van der Waals surface area (Å²) in [4.78, 5) is 0. The van der Waals surface area contributed by atoms with Gasteiger partial charge in [0.1, 0.15) is 0 Å². The Balaban J connectivity index is 4.17. The van der Waals surface area contributed by atoms with Crippen LogP contribution < -0.4 is 0 Å². The Bertz CT molecular complexity index is 226. The molecule has 56 valence electrons. The number of allylic oxidation sites excluding steroid dienone is 6. The van der Waals surface area contributed by atoms with Crippen molar-refractivity contribution in [1.82, 2.24) is 0 Å². The number of hydrogen-bond donors (Lipinski definition) is 0. The number of rotatable bonds is 4. The van der Waals surface area contributed by atoms with E-state index >= 15 is 0 Å². The third-order valence-corrected chi connectivity index (χ3v) is 1.68. The summed E-state index contributed by atoms with van der Waals surface area (Å²) < 4.78 is 0. The Morgan fingerprint density at radius 3 is 2.64 bits per heavy atom. The van der Waals surface area contributed by atoms with Crippen molar-refractivity contribution in [3.63, 3.8) is 0 Å². The van der Waals surface area contributed by atoms with Gasteiger partial charge < -0.3 is 0 Å². The maximum absolute atomic E-state index is 5.44. The fourth-order valence-electron chi connectivity index (χ4n) is 0.534. The Kier molecular flexibility index (Phi) is 6.73. The molecule has 0 aliphatic rings. The molecule has 0 saturated carbocycles. The molecule has 0 rings (SSSR count). The van der Waals surface area contributed by atoms with Gasteiger partial charge in [-0.15, -0.1) is 0 Å². The van der Waals surface area contributed by atoms with Gasteiger partial charge in [0.15, 0.2) is 0 Å². The summed E-state index contributed by atoms with van der Waals surface area (Å²) in [6, 6.07) is 0. The first-order valence-corrected chi connectivity index (χ1v) is 4.32. The first-order chi connectivity index (χ1) is 5.35. The predicted molar refractivity (Wildman–Crippen MR) is 54.1 cm³/mol. The van der Waals surface area contributed by atoms with Crippen molar-refractivity contribution in [3.05, 3.63) is 48.9 Å². The molecule has 0 aliphatic heterocycles. The maximum atomic E-state index is 5.44. The van der Waals surface area contributed by atoms with Crippen LogP contribution in [0.3, 0.4) is 0 Å². The summed E-state index contributed by atoms with van der Waals surface area (Å²) in [5.74, 6) is 0. The van der Waals surface area contributed by atoms with Crippen LogP contribution in [-0.2, 0) is 0 Å². The zero-order chi connectivity index (χ0) is 8.53. The molecule has 0 unspecified atom stereocenters. The summed E-state index contributed by atoms with van der Waals surface area (Å²) in [6.07, 6.45) is 15.7. The molecule has 11 heavy (non-hydrogen) atoms. The molecule has 0 aliphatic carbocycles. The summed E-state index contributed by atoms with van der Waals surface area (Å²) in [5.41, 5.74) is 0. The van der Waals surface area contributed by atoms with E-state index in [0.29, 0.717) is 0 Å². The van der Waals surface area contributed by atoms with Crippen molar-refractivity contribution < 1.29 is 0 Å². The van der Waals surface area contributed by atoms with Crippen LogP contribution in [0, 0.1) is 6.13 Å². The van der Waals surface area contributed by atoms with E-state index in [1.165, 1.54) is 0 Å². The van der Waals surface area contributed by atoms with Crippen molar-refractivity contribution in [2.24, 2.45) is 0 Å². The van der Waals surface area contributed by atoms with Crippen LogP contribution in [-0.4, -0.2) is 0 Å². The molecule has 0 aromatic rings. The molecule has 0 spiro atoms. The van der Waals surface area contributed by atoms with Crippen molar-refractivity contribution in [2.75, 3.05) is 0 Å². The Labute approximate surface area is 70.1 Å². The zero-order valence-electron chi connectivity index (χ0n) is 6.53. The first-order valence-electron chi connectivity index (χ1n) is 3.36. The molecule has 0 nitrogen and oxygen atoms in total. The average molecular weight is 163 g/mol. The minimum absolute atomic E-state index is 0.788. The fraction of sp³-hybridized carbons (Fsp3) is 0.100. The molecule has 0 bridgehead atoms. The quantitative estimate of drug-likeness (QED) is 0.336. The SMILES string of the molecule is C#[P+]C(/C=C\C=C)=C/CC=C. The van der Waals surface area contributed by atoms with Crippen molar-refractivity contribution in [3.8, 4) is 6.13 Å². The van der Waals surface area contributed by atoms with Gasteiger partial charge in [-0.25, -0.2) is 0 Å². The molecular weight excluding hydrogens is 151 g/mol. The second-order valence-electron chi connectivity index (χ2n) is 1.88. The van der Waals surface area contributed by atoms with Gasteiger partial charge in [0.25, 0.3) is 0 Å². The Morgan fingerprint density at radius 1 is 1.45 bits per heavy atom. The van der Waals surface area contributed by atoms with Crippen LogP contribution in [0.25, 0.3) is 0 Å². The summed E-state index contributed by atoms with van der Waals surface area (Å²) in [5, 5.41) is 1.09. The summed E-state index contributed by atoms with van der Waals surface area (Å²) in [6.45, 7) is 7.18. The van der Waals surface area contributed by atoms with Crippen LogP contribution in [0.5, 0.6) is 0 Å². The van der Waals surface area contributed by atoms with Crippen LogP contribution in [0.4, 0.5) is 0 Å². The van der Waals surface area contributed by atoms with Gasteiger partial charge in [0.2, 0.25) is 0 Å². The van der Waals surface area contributed by atoms with E-state index in [2.05, 4.69) is 13.2 Å². The molecule has 0 fully saturated rings. The van der Waals surface area contributed by atoms with Gasteiger partial charge >= 0.3 is 69.4 Å². The second-order valence-corrected chi connectivity index (χ2v) is 2.65. The molecule has 0 heterocycles. The monoisotopic (exact) mass is 163 g/mol. The Morgan fingerprint density at radius 2 is 2.18 bits per heavy atom. The molecule has 0 radical (unpaired) electrons. The molecule has 0 saturated heterocycles. The topological polar surface area (TPSA) is 0 Å². The van der Waals surface area contributed by atoms with E-state index in [4.69, 9.17) is 6.13 Å². The zero-order valence-corrected chi connectivity index (χ0v) is 7.43. The van der Waals surface area contributed by atoms with Crippen LogP contribution >= 0.6 is 8.04 Å². The standard InChI is InChI=1S/C10H12P/c1-4-6-8-10(11-3)9-7-5-2/h3-6,8-9H,1-2,7H2/q+1/b8-6-,10-9+. The van der Waals surface area contributed by atoms with E-state index < -0.39 is 0 Å². The first kappa shape index (κ1) is 10.2. The molecule has 1 heteroatoms. The number of hydrogen-bond acceptors (Lipinski definition) is 0. The molecule has 0 aromatic heterocycles. The van der Waals surface area contributed by atoms with Gasteiger partial charge in [-0.1, -0.05) is 0 Å². The third-order valence-electron chi connectivity index (χ3n) is 1.05. The molecule has 0 N–H and O–H groups in total. The van der Waals surface area contributed by atoms with E-state index in [0.717, 1.165) is 19.8 Å². The van der Waals surface area contributed by atoms with Gasteiger partial charge in [-0.3, -0.25) is 0 Å². The van der Waals surface area contributed by atoms with E-state index in [-0.39, 0.29) is 0 Å². The van der Waals surface area contributed by atoms with Crippen LogP contribution in [0.2, 0.25) is 0 Å². The van der Waals surface area contributed by atoms with Crippen LogP contribution in [0.15, 0.2) is 48.9 Å². The van der Waals surface area contributed by atoms with E-state index in [1.54, 1.807) is 6.08 Å². The molecule has 0 atom stereocenters. The summed E-state index contributed by atoms with van der Waals surface area (Å²) in [7, 11) is 0.788. The Hall–Kier alpha value is -0.830. The average Bonchev–Trinajstić information content (AvgIpc) is 2.05. The normalized spacial score (nSPS) is 11.4. The van der Waals surface area contributed by atoms with E-state index in [9.17, 15) is 0 Å². The van der Waals surface area contributed by atoms with Gasteiger partial charge in [0.05, 0.1) is 0 Å². The molecule has 0 amide bonds. The van der Waals surface area contributed by atoms with Gasteiger partial charge in [-0.2, -0.15) is 0 Å². The third kappa shape index (κ3) is 5.61. The predicted octanol–water partition coefficient (Wildman–Crippen LogP) is 3.72. The van der Waals surface area contributed by atoms with Crippen LogP contribution in [0.1, 0.15) is 6.42 Å². The molecular formula is C10H12P+. The van der Waals surface area contributed by atoms with Crippen molar-refractivity contribution in [1.29, 1.82) is 0 Å². The van der Waals surface area contributed by atoms with Gasteiger partial charge in [0, 0.05) is 0 Å². The fourth-order valence-corrected chi connectivity index (χ4v) is 0.917. The van der Waals surface area contributed by atoms with Crippen molar-refractivity contribution in [2.45, 2.75) is 6.42 Å². The van der Waals surface area contributed by atoms with Crippen molar-refractivity contribution >= 4 is 8.04 Å². The van der Waals surface area contributed by atoms with Gasteiger partial charge in [-0.05, 0) is 0 Å².